The van der Waals surface area contributed by atoms with Crippen molar-refractivity contribution in [2.24, 2.45) is 0 Å². The lowest BCUT2D eigenvalue weighted by Crippen LogP contribution is -2.27. The molecule has 1 fully saturated rings. The van der Waals surface area contributed by atoms with Crippen molar-refractivity contribution in [2.45, 2.75) is 51.1 Å². The van der Waals surface area contributed by atoms with Gasteiger partial charge in [-0.2, -0.15) is 0 Å². The number of aryl methyl sites for hydroxylation is 1. The zero-order valence-corrected chi connectivity index (χ0v) is 10.3. The van der Waals surface area contributed by atoms with Crippen molar-refractivity contribution in [1.29, 1.82) is 0 Å². The van der Waals surface area contributed by atoms with E-state index in [0.29, 0.717) is 6.04 Å². The first-order chi connectivity index (χ1) is 7.86. The van der Waals surface area contributed by atoms with Crippen LogP contribution in [0.1, 0.15) is 49.7 Å². The summed E-state index contributed by atoms with van der Waals surface area (Å²) >= 11 is 6.44. The van der Waals surface area contributed by atoms with Gasteiger partial charge in [0.25, 0.3) is 0 Å². The Morgan fingerprint density at radius 2 is 2.19 bits per heavy atom. The lowest BCUT2D eigenvalue weighted by Gasteiger charge is -2.22. The number of hydrogen-bond donors (Lipinski definition) is 1. The summed E-state index contributed by atoms with van der Waals surface area (Å²) in [5, 5.41) is 4.41. The second kappa shape index (κ2) is 4.38. The number of imidazole rings is 1. The van der Waals surface area contributed by atoms with Gasteiger partial charge in [0, 0.05) is 13.0 Å². The molecule has 0 radical (unpaired) electrons. The third-order valence-electron chi connectivity index (χ3n) is 3.68. The summed E-state index contributed by atoms with van der Waals surface area (Å²) in [6, 6.07) is 0.388. The fourth-order valence-corrected chi connectivity index (χ4v) is 3.13. The highest BCUT2D eigenvalue weighted by molar-refractivity contribution is 6.30. The average Bonchev–Trinajstić information content (AvgIpc) is 2.69. The van der Waals surface area contributed by atoms with Crippen LogP contribution in [0.3, 0.4) is 0 Å². The molecule has 0 spiro atoms. The molecule has 1 atom stereocenters. The van der Waals surface area contributed by atoms with Gasteiger partial charge in [-0.3, -0.25) is 0 Å². The maximum absolute atomic E-state index is 6.44. The van der Waals surface area contributed by atoms with Crippen LogP contribution < -0.4 is 5.32 Å². The van der Waals surface area contributed by atoms with E-state index in [1.54, 1.807) is 0 Å². The molecule has 3 nitrogen and oxygen atoms in total. The molecule has 1 unspecified atom stereocenters. The monoisotopic (exact) mass is 239 g/mol. The number of piperidine rings is 1. The SMILES string of the molecule is Clc1c(C2CCCCN2)nc2n1CCCC2. The second-order valence-corrected chi connectivity index (χ2v) is 5.17. The molecular weight excluding hydrogens is 222 g/mol. The number of rotatable bonds is 1. The van der Waals surface area contributed by atoms with E-state index < -0.39 is 0 Å². The zero-order chi connectivity index (χ0) is 11.0. The molecule has 2 aliphatic rings. The first-order valence-electron chi connectivity index (χ1n) is 6.34. The Bertz CT molecular complexity index is 380. The Kier molecular flexibility index (Phi) is 2.90. The van der Waals surface area contributed by atoms with Crippen LogP contribution >= 0.6 is 11.6 Å². The lowest BCUT2D eigenvalue weighted by atomic mass is 10.0. The Balaban J connectivity index is 1.91. The lowest BCUT2D eigenvalue weighted by molar-refractivity contribution is 0.406. The van der Waals surface area contributed by atoms with Gasteiger partial charge >= 0.3 is 0 Å². The largest absolute Gasteiger partial charge is 0.319 e. The molecule has 3 heterocycles. The molecule has 3 rings (SSSR count). The molecule has 1 aromatic rings. The Morgan fingerprint density at radius 1 is 1.25 bits per heavy atom. The minimum Gasteiger partial charge on any atom is -0.319 e. The van der Waals surface area contributed by atoms with E-state index in [2.05, 4.69) is 9.88 Å². The molecule has 4 heteroatoms. The Morgan fingerprint density at radius 3 is 2.94 bits per heavy atom. The highest BCUT2D eigenvalue weighted by atomic mass is 35.5. The second-order valence-electron chi connectivity index (χ2n) is 4.82. The molecule has 1 saturated heterocycles. The molecule has 0 aromatic carbocycles. The van der Waals surface area contributed by atoms with Crippen molar-refractivity contribution >= 4 is 11.6 Å². The molecule has 88 valence electrons. The highest BCUT2D eigenvalue weighted by Gasteiger charge is 2.25. The van der Waals surface area contributed by atoms with Gasteiger partial charge in [0.15, 0.2) is 0 Å². The highest BCUT2D eigenvalue weighted by Crippen LogP contribution is 2.31. The van der Waals surface area contributed by atoms with E-state index in [9.17, 15) is 0 Å². The van der Waals surface area contributed by atoms with Gasteiger partial charge in [-0.15, -0.1) is 0 Å². The summed E-state index contributed by atoms with van der Waals surface area (Å²) < 4.78 is 2.21. The van der Waals surface area contributed by atoms with Gasteiger partial charge in [-0.25, -0.2) is 4.98 Å². The van der Waals surface area contributed by atoms with E-state index in [1.165, 1.54) is 37.9 Å². The standard InChI is InChI=1S/C12H18ClN3/c13-12-11(9-5-1-3-7-14-9)15-10-6-2-4-8-16(10)12/h9,14H,1-8H2. The van der Waals surface area contributed by atoms with Crippen LogP contribution in [0.15, 0.2) is 0 Å². The summed E-state index contributed by atoms with van der Waals surface area (Å²) in [5.41, 5.74) is 1.10. The fourth-order valence-electron chi connectivity index (χ4n) is 2.78. The molecular formula is C12H18ClN3. The predicted molar refractivity (Wildman–Crippen MR) is 64.8 cm³/mol. The molecule has 0 saturated carbocycles. The summed E-state index contributed by atoms with van der Waals surface area (Å²) in [4.78, 5) is 4.74. The van der Waals surface area contributed by atoms with Crippen LogP contribution in [0.5, 0.6) is 0 Å². The summed E-state index contributed by atoms with van der Waals surface area (Å²) in [6.07, 6.45) is 7.33. The van der Waals surface area contributed by atoms with Gasteiger partial charge in [0.05, 0.1) is 11.7 Å². The normalized spacial score (nSPS) is 25.4. The number of nitrogens with one attached hydrogen (secondary N) is 1. The number of hydrogen-bond acceptors (Lipinski definition) is 2. The molecule has 16 heavy (non-hydrogen) atoms. The van der Waals surface area contributed by atoms with E-state index in [0.717, 1.165) is 30.4 Å². The predicted octanol–water partition coefficient (Wildman–Crippen LogP) is 2.69. The third kappa shape index (κ3) is 1.76. The van der Waals surface area contributed by atoms with Crippen LogP contribution in [-0.4, -0.2) is 16.1 Å². The van der Waals surface area contributed by atoms with Crippen LogP contribution in [0.4, 0.5) is 0 Å². The minimum atomic E-state index is 0.388. The first kappa shape index (κ1) is 10.6. The smallest absolute Gasteiger partial charge is 0.133 e. The third-order valence-corrected chi connectivity index (χ3v) is 4.08. The van der Waals surface area contributed by atoms with Gasteiger partial charge in [-0.1, -0.05) is 18.0 Å². The Labute approximate surface area is 101 Å². The fraction of sp³-hybridized carbons (Fsp3) is 0.750. The topological polar surface area (TPSA) is 29.9 Å². The van der Waals surface area contributed by atoms with Crippen molar-refractivity contribution in [1.82, 2.24) is 14.9 Å². The summed E-state index contributed by atoms with van der Waals surface area (Å²) in [6.45, 7) is 2.15. The Hall–Kier alpha value is -0.540. The van der Waals surface area contributed by atoms with Gasteiger partial charge in [0.1, 0.15) is 11.0 Å². The quantitative estimate of drug-likeness (QED) is 0.817. The number of nitrogens with zero attached hydrogens (tertiary/aromatic N) is 2. The zero-order valence-electron chi connectivity index (χ0n) is 9.51. The van der Waals surface area contributed by atoms with Gasteiger partial charge in [0.2, 0.25) is 0 Å². The molecule has 0 aliphatic carbocycles. The van der Waals surface area contributed by atoms with E-state index in [1.807, 2.05) is 0 Å². The van der Waals surface area contributed by atoms with Crippen molar-refractivity contribution < 1.29 is 0 Å². The van der Waals surface area contributed by atoms with Crippen molar-refractivity contribution in [2.75, 3.05) is 6.54 Å². The molecule has 1 N–H and O–H groups in total. The summed E-state index contributed by atoms with van der Waals surface area (Å²) in [7, 11) is 0. The number of halogens is 1. The van der Waals surface area contributed by atoms with Gasteiger partial charge < -0.3 is 9.88 Å². The minimum absolute atomic E-state index is 0.388. The summed E-state index contributed by atoms with van der Waals surface area (Å²) in [5.74, 6) is 1.19. The molecule has 0 bridgehead atoms. The molecule has 0 amide bonds. The van der Waals surface area contributed by atoms with Crippen molar-refractivity contribution in [3.8, 4) is 0 Å². The van der Waals surface area contributed by atoms with Crippen molar-refractivity contribution in [3.05, 3.63) is 16.7 Å². The van der Waals surface area contributed by atoms with Crippen LogP contribution in [0.25, 0.3) is 0 Å². The maximum atomic E-state index is 6.44. The van der Waals surface area contributed by atoms with Crippen molar-refractivity contribution in [3.63, 3.8) is 0 Å². The van der Waals surface area contributed by atoms with Gasteiger partial charge in [-0.05, 0) is 32.2 Å². The van der Waals surface area contributed by atoms with E-state index in [4.69, 9.17) is 16.6 Å². The van der Waals surface area contributed by atoms with E-state index in [-0.39, 0.29) is 0 Å². The molecule has 1 aromatic heterocycles. The number of fused-ring (bicyclic) bond motifs is 1. The maximum Gasteiger partial charge on any atom is 0.133 e. The van der Waals surface area contributed by atoms with Crippen LogP contribution in [0.2, 0.25) is 5.15 Å². The number of aromatic nitrogens is 2. The van der Waals surface area contributed by atoms with Crippen LogP contribution in [-0.2, 0) is 13.0 Å². The van der Waals surface area contributed by atoms with E-state index >= 15 is 0 Å². The first-order valence-corrected chi connectivity index (χ1v) is 6.72. The molecule has 2 aliphatic heterocycles. The average molecular weight is 240 g/mol. The van der Waals surface area contributed by atoms with Crippen LogP contribution in [0, 0.1) is 0 Å².